The lowest BCUT2D eigenvalue weighted by Gasteiger charge is -2.39. The third-order valence-electron chi connectivity index (χ3n) is 4.71. The van der Waals surface area contributed by atoms with Crippen LogP contribution >= 0.6 is 0 Å². The summed E-state index contributed by atoms with van der Waals surface area (Å²) in [5.41, 5.74) is 1.34. The fraction of sp³-hybridized carbons (Fsp3) is 0.632. The van der Waals surface area contributed by atoms with E-state index in [1.807, 2.05) is 6.07 Å². The summed E-state index contributed by atoms with van der Waals surface area (Å²) in [5.74, 6) is 0. The standard InChI is InChI=1S/C19H30N2O2/c1-19(2,3)17-15-20(13-8-14-21(17)18(22)23)12-7-11-16-9-5-4-6-10-16/h4-6,9-10,17H,7-8,11-15H2,1-3H3,(H,22,23). The number of aryl methyl sites for hydroxylation is 1. The van der Waals surface area contributed by atoms with Crippen LogP contribution in [0.15, 0.2) is 30.3 Å². The summed E-state index contributed by atoms with van der Waals surface area (Å²) < 4.78 is 0. The maximum atomic E-state index is 11.6. The van der Waals surface area contributed by atoms with Crippen molar-refractivity contribution in [3.63, 3.8) is 0 Å². The third kappa shape index (κ3) is 5.24. The van der Waals surface area contributed by atoms with Crippen LogP contribution in [0.4, 0.5) is 4.79 Å². The van der Waals surface area contributed by atoms with Crippen LogP contribution in [-0.2, 0) is 6.42 Å². The zero-order chi connectivity index (χ0) is 16.9. The molecule has 1 aromatic rings. The van der Waals surface area contributed by atoms with E-state index < -0.39 is 6.09 Å². The smallest absolute Gasteiger partial charge is 0.407 e. The van der Waals surface area contributed by atoms with Crippen LogP contribution in [0.25, 0.3) is 0 Å². The van der Waals surface area contributed by atoms with Crippen molar-refractivity contribution in [1.29, 1.82) is 0 Å². The molecule has 1 unspecified atom stereocenters. The van der Waals surface area contributed by atoms with Crippen molar-refractivity contribution in [3.05, 3.63) is 35.9 Å². The van der Waals surface area contributed by atoms with Gasteiger partial charge in [-0.05, 0) is 43.3 Å². The van der Waals surface area contributed by atoms with Crippen molar-refractivity contribution in [3.8, 4) is 0 Å². The molecule has 1 aliphatic rings. The van der Waals surface area contributed by atoms with Gasteiger partial charge in [-0.3, -0.25) is 0 Å². The highest BCUT2D eigenvalue weighted by molar-refractivity contribution is 5.65. The quantitative estimate of drug-likeness (QED) is 0.920. The molecule has 0 radical (unpaired) electrons. The summed E-state index contributed by atoms with van der Waals surface area (Å²) in [7, 11) is 0. The van der Waals surface area contributed by atoms with Gasteiger partial charge in [0, 0.05) is 13.1 Å². The lowest BCUT2D eigenvalue weighted by Crippen LogP contribution is -2.51. The lowest BCUT2D eigenvalue weighted by atomic mass is 9.85. The average Bonchev–Trinajstić information content (AvgIpc) is 2.71. The van der Waals surface area contributed by atoms with Crippen LogP contribution in [0.3, 0.4) is 0 Å². The second-order valence-electron chi connectivity index (χ2n) is 7.60. The highest BCUT2D eigenvalue weighted by Crippen LogP contribution is 2.27. The van der Waals surface area contributed by atoms with E-state index in [9.17, 15) is 9.90 Å². The Balaban J connectivity index is 1.93. The van der Waals surface area contributed by atoms with Gasteiger partial charge in [-0.2, -0.15) is 0 Å². The topological polar surface area (TPSA) is 43.8 Å². The molecule has 1 saturated heterocycles. The Morgan fingerprint density at radius 1 is 1.22 bits per heavy atom. The minimum Gasteiger partial charge on any atom is -0.465 e. The first-order valence-electron chi connectivity index (χ1n) is 8.64. The van der Waals surface area contributed by atoms with Gasteiger partial charge in [0.1, 0.15) is 0 Å². The summed E-state index contributed by atoms with van der Waals surface area (Å²) in [6, 6.07) is 10.6. The fourth-order valence-corrected chi connectivity index (χ4v) is 3.38. The molecule has 1 fully saturated rings. The molecule has 0 aromatic heterocycles. The monoisotopic (exact) mass is 318 g/mol. The van der Waals surface area contributed by atoms with Gasteiger partial charge >= 0.3 is 6.09 Å². The summed E-state index contributed by atoms with van der Waals surface area (Å²) in [5, 5.41) is 9.52. The first-order valence-corrected chi connectivity index (χ1v) is 8.64. The second kappa shape index (κ2) is 7.82. The van der Waals surface area contributed by atoms with Crippen molar-refractivity contribution < 1.29 is 9.90 Å². The zero-order valence-electron chi connectivity index (χ0n) is 14.7. The highest BCUT2D eigenvalue weighted by atomic mass is 16.4. The van der Waals surface area contributed by atoms with Crippen LogP contribution in [0.1, 0.15) is 39.2 Å². The van der Waals surface area contributed by atoms with Crippen LogP contribution in [0, 0.1) is 5.41 Å². The molecule has 1 amide bonds. The van der Waals surface area contributed by atoms with E-state index in [0.29, 0.717) is 6.54 Å². The number of nitrogens with zero attached hydrogens (tertiary/aromatic N) is 2. The van der Waals surface area contributed by atoms with Crippen molar-refractivity contribution in [2.45, 2.75) is 46.1 Å². The Morgan fingerprint density at radius 3 is 2.52 bits per heavy atom. The van der Waals surface area contributed by atoms with Gasteiger partial charge in [-0.1, -0.05) is 51.1 Å². The van der Waals surface area contributed by atoms with Crippen molar-refractivity contribution in [1.82, 2.24) is 9.80 Å². The largest absolute Gasteiger partial charge is 0.465 e. The number of hydrogen-bond acceptors (Lipinski definition) is 2. The van der Waals surface area contributed by atoms with Gasteiger partial charge in [0.25, 0.3) is 0 Å². The van der Waals surface area contributed by atoms with Gasteiger partial charge in [0.2, 0.25) is 0 Å². The summed E-state index contributed by atoms with van der Waals surface area (Å²) in [4.78, 5) is 15.7. The molecule has 4 heteroatoms. The molecule has 2 rings (SSSR count). The molecule has 1 aliphatic heterocycles. The van der Waals surface area contributed by atoms with E-state index in [0.717, 1.165) is 38.9 Å². The van der Waals surface area contributed by atoms with Crippen molar-refractivity contribution in [2.24, 2.45) is 5.41 Å². The average molecular weight is 318 g/mol. The number of rotatable bonds is 4. The van der Waals surface area contributed by atoms with Crippen molar-refractivity contribution in [2.75, 3.05) is 26.2 Å². The summed E-state index contributed by atoms with van der Waals surface area (Å²) >= 11 is 0. The van der Waals surface area contributed by atoms with Crippen LogP contribution < -0.4 is 0 Å². The number of amides is 1. The summed E-state index contributed by atoms with van der Waals surface area (Å²) in [6.07, 6.45) is 2.34. The molecule has 1 N–H and O–H groups in total. The molecule has 1 heterocycles. The minimum atomic E-state index is -0.781. The van der Waals surface area contributed by atoms with Crippen molar-refractivity contribution >= 4 is 6.09 Å². The number of carbonyl (C=O) groups is 1. The molecule has 128 valence electrons. The number of benzene rings is 1. The fourth-order valence-electron chi connectivity index (χ4n) is 3.38. The summed E-state index contributed by atoms with van der Waals surface area (Å²) in [6.45, 7) is 9.93. The van der Waals surface area contributed by atoms with E-state index in [-0.39, 0.29) is 11.5 Å². The van der Waals surface area contributed by atoms with Gasteiger partial charge in [0.05, 0.1) is 6.04 Å². The third-order valence-corrected chi connectivity index (χ3v) is 4.71. The Labute approximate surface area is 140 Å². The predicted octanol–water partition coefficient (Wildman–Crippen LogP) is 3.72. The van der Waals surface area contributed by atoms with Crippen LogP contribution in [-0.4, -0.2) is 53.2 Å². The van der Waals surface area contributed by atoms with E-state index in [1.165, 1.54) is 5.56 Å². The molecular weight excluding hydrogens is 288 g/mol. The SMILES string of the molecule is CC(C)(C)C1CN(CCCc2ccccc2)CCCN1C(=O)O. The maximum Gasteiger partial charge on any atom is 0.407 e. The van der Waals surface area contributed by atoms with E-state index in [2.05, 4.69) is 49.9 Å². The Kier molecular flexibility index (Phi) is 6.05. The molecule has 0 bridgehead atoms. The van der Waals surface area contributed by atoms with E-state index in [4.69, 9.17) is 0 Å². The molecular formula is C19H30N2O2. The predicted molar refractivity (Wildman–Crippen MR) is 93.8 cm³/mol. The first kappa shape index (κ1) is 17.8. The Bertz CT molecular complexity index is 496. The van der Waals surface area contributed by atoms with Gasteiger partial charge in [0.15, 0.2) is 0 Å². The number of carboxylic acid groups (broad SMARTS) is 1. The lowest BCUT2D eigenvalue weighted by molar-refractivity contribution is 0.0757. The van der Waals surface area contributed by atoms with Gasteiger partial charge < -0.3 is 14.9 Å². The van der Waals surface area contributed by atoms with Crippen LogP contribution in [0.5, 0.6) is 0 Å². The normalized spacial score (nSPS) is 20.3. The number of hydrogen-bond donors (Lipinski definition) is 1. The molecule has 0 aliphatic carbocycles. The van der Waals surface area contributed by atoms with E-state index in [1.54, 1.807) is 4.90 Å². The van der Waals surface area contributed by atoms with Gasteiger partial charge in [-0.15, -0.1) is 0 Å². The molecule has 23 heavy (non-hydrogen) atoms. The Morgan fingerprint density at radius 2 is 1.91 bits per heavy atom. The highest BCUT2D eigenvalue weighted by Gasteiger charge is 2.36. The minimum absolute atomic E-state index is 0.0413. The molecule has 1 atom stereocenters. The zero-order valence-corrected chi connectivity index (χ0v) is 14.7. The Hall–Kier alpha value is -1.55. The molecule has 0 saturated carbocycles. The molecule has 1 aromatic carbocycles. The van der Waals surface area contributed by atoms with Gasteiger partial charge in [-0.25, -0.2) is 4.79 Å². The maximum absolute atomic E-state index is 11.6. The molecule has 0 spiro atoms. The van der Waals surface area contributed by atoms with Crippen LogP contribution in [0.2, 0.25) is 0 Å². The second-order valence-corrected chi connectivity index (χ2v) is 7.60. The molecule has 4 nitrogen and oxygen atoms in total. The first-order chi connectivity index (χ1) is 10.9. The van der Waals surface area contributed by atoms with E-state index >= 15 is 0 Å².